The fourth-order valence-electron chi connectivity index (χ4n) is 4.58. The summed E-state index contributed by atoms with van der Waals surface area (Å²) < 4.78 is 5.30. The van der Waals surface area contributed by atoms with Crippen LogP contribution in [0.25, 0.3) is 10.8 Å². The highest BCUT2D eigenvalue weighted by Crippen LogP contribution is 2.26. The molecule has 1 N–H and O–H groups in total. The smallest absolute Gasteiger partial charge is 0.238 e. The molecule has 1 aliphatic rings. The molecular weight excluding hydrogens is 426 g/mol. The zero-order chi connectivity index (χ0) is 24.2. The Hall–Kier alpha value is -3.38. The van der Waals surface area contributed by atoms with Crippen LogP contribution in [0.2, 0.25) is 0 Å². The first-order chi connectivity index (χ1) is 16.4. The molecule has 1 atom stereocenters. The Balaban J connectivity index is 1.32. The van der Waals surface area contributed by atoms with E-state index >= 15 is 0 Å². The number of hydrogen-bond acceptors (Lipinski definition) is 4. The Morgan fingerprint density at radius 2 is 1.59 bits per heavy atom. The lowest BCUT2D eigenvalue weighted by molar-refractivity contribution is -0.134. The summed E-state index contributed by atoms with van der Waals surface area (Å²) in [6.07, 6.45) is 0. The number of amides is 2. The highest BCUT2D eigenvalue weighted by molar-refractivity contribution is 5.94. The van der Waals surface area contributed by atoms with Gasteiger partial charge < -0.3 is 15.0 Å². The van der Waals surface area contributed by atoms with Crippen molar-refractivity contribution in [3.05, 3.63) is 71.3 Å². The average Bonchev–Trinajstić information content (AvgIpc) is 2.85. The number of benzene rings is 3. The van der Waals surface area contributed by atoms with Crippen LogP contribution in [0, 0.1) is 13.8 Å². The largest absolute Gasteiger partial charge is 0.497 e. The second-order valence-corrected chi connectivity index (χ2v) is 9.11. The minimum absolute atomic E-state index is 0.0154. The van der Waals surface area contributed by atoms with Crippen LogP contribution < -0.4 is 10.1 Å². The maximum atomic E-state index is 13.2. The lowest BCUT2D eigenvalue weighted by atomic mass is 9.96. The van der Waals surface area contributed by atoms with Gasteiger partial charge in [0, 0.05) is 31.9 Å². The number of rotatable bonds is 6. The van der Waals surface area contributed by atoms with Crippen molar-refractivity contribution in [3.63, 3.8) is 0 Å². The summed E-state index contributed by atoms with van der Waals surface area (Å²) >= 11 is 0. The number of hydrogen-bond donors (Lipinski definition) is 1. The second-order valence-electron chi connectivity index (χ2n) is 9.11. The van der Waals surface area contributed by atoms with Crippen molar-refractivity contribution < 1.29 is 14.3 Å². The highest BCUT2D eigenvalue weighted by atomic mass is 16.5. The molecule has 0 radical (unpaired) electrons. The van der Waals surface area contributed by atoms with Crippen LogP contribution in [0.1, 0.15) is 29.5 Å². The zero-order valence-electron chi connectivity index (χ0n) is 20.4. The summed E-state index contributed by atoms with van der Waals surface area (Å²) in [5, 5.41) is 5.24. The highest BCUT2D eigenvalue weighted by Gasteiger charge is 2.26. The Morgan fingerprint density at radius 1 is 0.941 bits per heavy atom. The standard InChI is InChI=1S/C28H33N3O3/c1-19-6-5-7-20(2)27(19)29-26(32)18-30-12-14-31(15-13-30)28(33)21(3)22-8-9-24-17-25(34-4)11-10-23(24)16-22/h5-11,16-17,21H,12-15,18H2,1-4H3,(H,29,32)/t21-/m0/s1. The van der Waals surface area contributed by atoms with Crippen LogP contribution in [-0.4, -0.2) is 61.4 Å². The summed E-state index contributed by atoms with van der Waals surface area (Å²) in [4.78, 5) is 29.8. The molecule has 1 heterocycles. The lowest BCUT2D eigenvalue weighted by Crippen LogP contribution is -2.51. The van der Waals surface area contributed by atoms with Crippen LogP contribution in [-0.2, 0) is 9.59 Å². The van der Waals surface area contributed by atoms with E-state index in [4.69, 9.17) is 4.74 Å². The molecule has 1 saturated heterocycles. The third-order valence-corrected chi connectivity index (χ3v) is 6.74. The monoisotopic (exact) mass is 459 g/mol. The van der Waals surface area contributed by atoms with Gasteiger partial charge in [-0.05, 0) is 60.4 Å². The van der Waals surface area contributed by atoms with E-state index in [9.17, 15) is 9.59 Å². The van der Waals surface area contributed by atoms with Crippen molar-refractivity contribution in [2.24, 2.45) is 0 Å². The number of anilines is 1. The topological polar surface area (TPSA) is 61.9 Å². The second kappa shape index (κ2) is 10.3. The Morgan fingerprint density at radius 3 is 2.26 bits per heavy atom. The number of carbonyl (C=O) groups excluding carboxylic acids is 2. The minimum Gasteiger partial charge on any atom is -0.497 e. The molecule has 0 aliphatic carbocycles. The summed E-state index contributed by atoms with van der Waals surface area (Å²) in [7, 11) is 1.66. The van der Waals surface area contributed by atoms with Crippen molar-refractivity contribution in [1.29, 1.82) is 0 Å². The average molecular weight is 460 g/mol. The Kier molecular flexibility index (Phi) is 7.17. The Bertz CT molecular complexity index is 1180. The molecule has 4 rings (SSSR count). The normalized spacial score (nSPS) is 15.2. The molecule has 34 heavy (non-hydrogen) atoms. The molecule has 0 spiro atoms. The molecule has 3 aromatic rings. The summed E-state index contributed by atoms with van der Waals surface area (Å²) in [6.45, 7) is 8.94. The predicted octanol–water partition coefficient (Wildman–Crippen LogP) is 4.35. The van der Waals surface area contributed by atoms with Gasteiger partial charge in [-0.3, -0.25) is 14.5 Å². The van der Waals surface area contributed by atoms with Gasteiger partial charge >= 0.3 is 0 Å². The van der Waals surface area contributed by atoms with Gasteiger partial charge in [0.15, 0.2) is 0 Å². The first-order valence-electron chi connectivity index (χ1n) is 11.8. The molecule has 1 aliphatic heterocycles. The minimum atomic E-state index is -0.217. The van der Waals surface area contributed by atoms with Gasteiger partial charge in [-0.1, -0.05) is 42.5 Å². The number of nitrogens with one attached hydrogen (secondary N) is 1. The molecule has 0 saturated carbocycles. The van der Waals surface area contributed by atoms with E-state index < -0.39 is 0 Å². The zero-order valence-corrected chi connectivity index (χ0v) is 20.4. The van der Waals surface area contributed by atoms with Gasteiger partial charge in [0.2, 0.25) is 11.8 Å². The number of methoxy groups -OCH3 is 1. The van der Waals surface area contributed by atoms with Crippen molar-refractivity contribution in [2.45, 2.75) is 26.7 Å². The third-order valence-electron chi connectivity index (χ3n) is 6.74. The number of carbonyl (C=O) groups is 2. The fraction of sp³-hybridized carbons (Fsp3) is 0.357. The van der Waals surface area contributed by atoms with E-state index in [1.807, 2.05) is 74.2 Å². The maximum absolute atomic E-state index is 13.2. The van der Waals surface area contributed by atoms with Crippen molar-refractivity contribution in [3.8, 4) is 5.75 Å². The fourth-order valence-corrected chi connectivity index (χ4v) is 4.58. The molecule has 0 unspecified atom stereocenters. The van der Waals surface area contributed by atoms with Crippen LogP contribution in [0.15, 0.2) is 54.6 Å². The molecule has 0 aromatic heterocycles. The van der Waals surface area contributed by atoms with Crippen LogP contribution in [0.5, 0.6) is 5.75 Å². The molecule has 1 fully saturated rings. The van der Waals surface area contributed by atoms with Crippen molar-refractivity contribution >= 4 is 28.3 Å². The molecule has 3 aromatic carbocycles. The number of piperazine rings is 1. The first-order valence-corrected chi connectivity index (χ1v) is 11.8. The molecular formula is C28H33N3O3. The predicted molar refractivity (Wildman–Crippen MR) is 136 cm³/mol. The molecule has 178 valence electrons. The number of fused-ring (bicyclic) bond motifs is 1. The summed E-state index contributed by atoms with van der Waals surface area (Å²) in [5.41, 5.74) is 4.03. The van der Waals surface area contributed by atoms with Gasteiger partial charge in [-0.2, -0.15) is 0 Å². The maximum Gasteiger partial charge on any atom is 0.238 e. The molecule has 2 amide bonds. The van der Waals surface area contributed by atoms with Crippen molar-refractivity contribution in [1.82, 2.24) is 9.80 Å². The van der Waals surface area contributed by atoms with Crippen molar-refractivity contribution in [2.75, 3.05) is 45.2 Å². The van der Waals surface area contributed by atoms with E-state index in [1.165, 1.54) is 0 Å². The van der Waals surface area contributed by atoms with E-state index in [1.54, 1.807) is 7.11 Å². The van der Waals surface area contributed by atoms with Gasteiger partial charge in [0.05, 0.1) is 19.6 Å². The lowest BCUT2D eigenvalue weighted by Gasteiger charge is -2.35. The molecule has 0 bridgehead atoms. The van der Waals surface area contributed by atoms with E-state index in [0.717, 1.165) is 38.9 Å². The van der Waals surface area contributed by atoms with Gasteiger partial charge in [0.25, 0.3) is 0 Å². The van der Waals surface area contributed by atoms with E-state index in [2.05, 4.69) is 16.3 Å². The number of para-hydroxylation sites is 1. The van der Waals surface area contributed by atoms with E-state index in [-0.39, 0.29) is 17.7 Å². The summed E-state index contributed by atoms with van der Waals surface area (Å²) in [5.74, 6) is 0.723. The van der Waals surface area contributed by atoms with E-state index in [0.29, 0.717) is 32.7 Å². The Labute approximate surface area is 201 Å². The van der Waals surface area contributed by atoms with Crippen LogP contribution in [0.3, 0.4) is 0 Å². The number of aryl methyl sites for hydroxylation is 2. The molecule has 6 heteroatoms. The van der Waals surface area contributed by atoms with Gasteiger partial charge in [-0.15, -0.1) is 0 Å². The van der Waals surface area contributed by atoms with Crippen LogP contribution >= 0.6 is 0 Å². The third kappa shape index (κ3) is 5.23. The number of ether oxygens (including phenoxy) is 1. The van der Waals surface area contributed by atoms with Gasteiger partial charge in [0.1, 0.15) is 5.75 Å². The first kappa shape index (κ1) is 23.8. The van der Waals surface area contributed by atoms with Crippen LogP contribution in [0.4, 0.5) is 5.69 Å². The summed E-state index contributed by atoms with van der Waals surface area (Å²) in [6, 6.07) is 18.1. The van der Waals surface area contributed by atoms with Gasteiger partial charge in [-0.25, -0.2) is 0 Å². The quantitative estimate of drug-likeness (QED) is 0.595. The number of nitrogens with zero attached hydrogens (tertiary/aromatic N) is 2. The SMILES string of the molecule is COc1ccc2cc([C@H](C)C(=O)N3CCN(CC(=O)Nc4c(C)cccc4C)CC3)ccc2c1. The molecule has 6 nitrogen and oxygen atoms in total.